The molecule has 1 aliphatic heterocycles. The van der Waals surface area contributed by atoms with Crippen LogP contribution in [0.4, 0.5) is 17.2 Å². The molecule has 0 bridgehead atoms. The largest absolute Gasteiger partial charge is 0.378 e. The average Bonchev–Trinajstić information content (AvgIpc) is 3.11. The van der Waals surface area contributed by atoms with Crippen molar-refractivity contribution >= 4 is 46.0 Å². The number of nitrogens with zero attached hydrogens (tertiary/aromatic N) is 5. The average molecular weight is 398 g/mol. The molecule has 138 valence electrons. The Kier molecular flexibility index (Phi) is 5.20. The number of pyridine rings is 1. The van der Waals surface area contributed by atoms with Gasteiger partial charge in [-0.25, -0.2) is 9.97 Å². The highest BCUT2D eigenvalue weighted by Crippen LogP contribution is 2.39. The van der Waals surface area contributed by atoms with Gasteiger partial charge in [0, 0.05) is 37.8 Å². The number of halogens is 1. The lowest BCUT2D eigenvalue weighted by Crippen LogP contribution is -2.50. The van der Waals surface area contributed by atoms with Gasteiger partial charge in [-0.2, -0.15) is 0 Å². The number of hydrogen-bond donors (Lipinski definition) is 2. The molecule has 3 rings (SSSR count). The molecule has 1 fully saturated rings. The van der Waals surface area contributed by atoms with Crippen molar-refractivity contribution in [3.8, 4) is 0 Å². The van der Waals surface area contributed by atoms with E-state index in [2.05, 4.69) is 9.97 Å². The van der Waals surface area contributed by atoms with Gasteiger partial charge in [-0.3, -0.25) is 19.8 Å². The Balaban J connectivity index is 1.82. The fourth-order valence-corrected chi connectivity index (χ4v) is 4.03. The maximum absolute atomic E-state index is 11.9. The van der Waals surface area contributed by atoms with Crippen LogP contribution in [0.15, 0.2) is 17.8 Å². The molecule has 3 heterocycles. The van der Waals surface area contributed by atoms with Crippen LogP contribution in [0, 0.1) is 10.1 Å². The number of nitrogens with two attached hydrogens (primary N) is 2. The maximum atomic E-state index is 11.9. The van der Waals surface area contributed by atoms with E-state index in [1.165, 1.54) is 17.5 Å². The molecule has 0 spiro atoms. The number of amides is 1. The zero-order valence-corrected chi connectivity index (χ0v) is 15.1. The van der Waals surface area contributed by atoms with Crippen molar-refractivity contribution in [3.63, 3.8) is 0 Å². The molecular weight excluding hydrogens is 382 g/mol. The van der Waals surface area contributed by atoms with Gasteiger partial charge in [0.2, 0.25) is 11.7 Å². The van der Waals surface area contributed by atoms with E-state index in [1.54, 1.807) is 16.5 Å². The van der Waals surface area contributed by atoms with E-state index >= 15 is 0 Å². The summed E-state index contributed by atoms with van der Waals surface area (Å²) in [6, 6.07) is -0.620. The van der Waals surface area contributed by atoms with Crippen molar-refractivity contribution in [1.82, 2.24) is 14.9 Å². The van der Waals surface area contributed by atoms with Crippen molar-refractivity contribution in [2.24, 2.45) is 5.73 Å². The number of nitrogen functional groups attached to an aromatic ring is 1. The minimum Gasteiger partial charge on any atom is -0.378 e. The van der Waals surface area contributed by atoms with Crippen molar-refractivity contribution < 1.29 is 9.72 Å². The summed E-state index contributed by atoms with van der Waals surface area (Å²) in [5.41, 5.74) is 11.1. The van der Waals surface area contributed by atoms with Gasteiger partial charge in [0.25, 0.3) is 0 Å². The van der Waals surface area contributed by atoms with Gasteiger partial charge in [0.15, 0.2) is 0 Å². The molecule has 1 saturated heterocycles. The lowest BCUT2D eigenvalue weighted by atomic mass is 10.2. The smallest absolute Gasteiger partial charge is 0.335 e. The molecule has 1 unspecified atom stereocenters. The molecule has 2 aromatic rings. The molecule has 12 heteroatoms. The highest BCUT2D eigenvalue weighted by Gasteiger charge is 2.34. The summed E-state index contributed by atoms with van der Waals surface area (Å²) in [5.74, 6) is -0.666. The van der Waals surface area contributed by atoms with E-state index < -0.39 is 16.9 Å². The first-order chi connectivity index (χ1) is 12.4. The number of primary amides is 1. The van der Waals surface area contributed by atoms with Crippen LogP contribution >= 0.6 is 22.9 Å². The third-order valence-corrected chi connectivity index (χ3v) is 5.25. The predicted molar refractivity (Wildman–Crippen MR) is 98.1 cm³/mol. The van der Waals surface area contributed by atoms with E-state index in [9.17, 15) is 14.9 Å². The van der Waals surface area contributed by atoms with Gasteiger partial charge >= 0.3 is 5.69 Å². The molecular formula is C14H16ClN7O3S. The zero-order chi connectivity index (χ0) is 18.8. The Labute approximate surface area is 157 Å². The second-order valence-electron chi connectivity index (χ2n) is 5.64. The highest BCUT2D eigenvalue weighted by atomic mass is 35.5. The molecule has 1 aliphatic rings. The number of nitro groups is 1. The molecule has 1 atom stereocenters. The minimum absolute atomic E-state index is 0.158. The summed E-state index contributed by atoms with van der Waals surface area (Å²) in [6.07, 6.45) is 2.92. The van der Waals surface area contributed by atoms with Crippen LogP contribution in [-0.4, -0.2) is 51.9 Å². The number of aromatic nitrogens is 2. The van der Waals surface area contributed by atoms with Gasteiger partial charge in [-0.1, -0.05) is 11.6 Å². The first kappa shape index (κ1) is 18.3. The van der Waals surface area contributed by atoms with Crippen LogP contribution in [-0.2, 0) is 4.79 Å². The fourth-order valence-electron chi connectivity index (χ4n) is 2.99. The predicted octanol–water partition coefficient (Wildman–Crippen LogP) is 1.03. The molecule has 0 saturated carbocycles. The summed E-state index contributed by atoms with van der Waals surface area (Å²) in [4.78, 5) is 34.3. The maximum Gasteiger partial charge on any atom is 0.335 e. The number of hydrogen-bond acceptors (Lipinski definition) is 9. The second-order valence-corrected chi connectivity index (χ2v) is 6.98. The Bertz CT molecular complexity index is 824. The van der Waals surface area contributed by atoms with E-state index in [1.807, 2.05) is 4.90 Å². The number of anilines is 2. The number of thiazole rings is 1. The third kappa shape index (κ3) is 3.41. The molecule has 0 aliphatic carbocycles. The number of piperazine rings is 1. The molecule has 2 aromatic heterocycles. The minimum atomic E-state index is -0.620. The first-order valence-electron chi connectivity index (χ1n) is 7.66. The van der Waals surface area contributed by atoms with Crippen LogP contribution in [0.3, 0.4) is 0 Å². The van der Waals surface area contributed by atoms with E-state index in [4.69, 9.17) is 23.1 Å². The summed E-state index contributed by atoms with van der Waals surface area (Å²) >= 11 is 7.51. The van der Waals surface area contributed by atoms with Crippen molar-refractivity contribution in [2.75, 3.05) is 36.8 Å². The summed E-state index contributed by atoms with van der Waals surface area (Å²) in [7, 11) is 0. The molecule has 26 heavy (non-hydrogen) atoms. The van der Waals surface area contributed by atoms with E-state index in [0.717, 1.165) is 0 Å². The number of rotatable bonds is 5. The van der Waals surface area contributed by atoms with Crippen LogP contribution < -0.4 is 16.4 Å². The Morgan fingerprint density at radius 3 is 2.58 bits per heavy atom. The van der Waals surface area contributed by atoms with Crippen LogP contribution in [0.25, 0.3) is 0 Å². The summed E-state index contributed by atoms with van der Waals surface area (Å²) < 4.78 is 0. The second kappa shape index (κ2) is 7.40. The van der Waals surface area contributed by atoms with Gasteiger partial charge in [-0.05, 0) is 0 Å². The van der Waals surface area contributed by atoms with Crippen molar-refractivity contribution in [2.45, 2.75) is 6.04 Å². The Morgan fingerprint density at radius 2 is 2.04 bits per heavy atom. The lowest BCUT2D eigenvalue weighted by molar-refractivity contribution is -0.383. The molecule has 10 nitrogen and oxygen atoms in total. The van der Waals surface area contributed by atoms with Gasteiger partial charge < -0.3 is 16.4 Å². The molecule has 0 aromatic carbocycles. The standard InChI is InChI=1S/C14H16ClN7O3S/c15-8-7-19-12(16)10(22(24)25)9(8)20-2-4-21(5-3-20)11(13(17)23)14-18-1-6-26-14/h1,6-7,11H,2-5H2,(H2,16,19)(H2,17,23). The van der Waals surface area contributed by atoms with E-state index in [0.29, 0.717) is 31.2 Å². The Hall–Kier alpha value is -2.50. The molecule has 1 amide bonds. The molecule has 0 radical (unpaired) electrons. The number of carbonyl (C=O) groups excluding carboxylic acids is 1. The van der Waals surface area contributed by atoms with Crippen LogP contribution in [0.1, 0.15) is 11.0 Å². The normalized spacial score (nSPS) is 16.4. The first-order valence-corrected chi connectivity index (χ1v) is 8.92. The van der Waals surface area contributed by atoms with Gasteiger partial charge in [0.1, 0.15) is 16.7 Å². The van der Waals surface area contributed by atoms with Crippen LogP contribution in [0.2, 0.25) is 5.02 Å². The topological polar surface area (TPSA) is 145 Å². The Morgan fingerprint density at radius 1 is 1.35 bits per heavy atom. The lowest BCUT2D eigenvalue weighted by Gasteiger charge is -2.38. The van der Waals surface area contributed by atoms with E-state index in [-0.39, 0.29) is 22.2 Å². The third-order valence-electron chi connectivity index (χ3n) is 4.14. The summed E-state index contributed by atoms with van der Waals surface area (Å²) in [6.45, 7) is 1.75. The highest BCUT2D eigenvalue weighted by molar-refractivity contribution is 7.09. The molecule has 4 N–H and O–H groups in total. The van der Waals surface area contributed by atoms with Crippen LogP contribution in [0.5, 0.6) is 0 Å². The fraction of sp³-hybridized carbons (Fsp3) is 0.357. The van der Waals surface area contributed by atoms with Crippen molar-refractivity contribution in [3.05, 3.63) is 37.9 Å². The number of carbonyl (C=O) groups is 1. The van der Waals surface area contributed by atoms with Gasteiger partial charge in [0.05, 0.1) is 16.1 Å². The SMILES string of the molecule is NC(=O)C(c1nccs1)N1CCN(c2c(Cl)cnc(N)c2[N+](=O)[O-])CC1. The summed E-state index contributed by atoms with van der Waals surface area (Å²) in [5, 5.41) is 13.9. The van der Waals surface area contributed by atoms with Crippen molar-refractivity contribution in [1.29, 1.82) is 0 Å². The quantitative estimate of drug-likeness (QED) is 0.562. The zero-order valence-electron chi connectivity index (χ0n) is 13.5. The monoisotopic (exact) mass is 397 g/mol. The van der Waals surface area contributed by atoms with Gasteiger partial charge in [-0.15, -0.1) is 11.3 Å².